The normalized spacial score (nSPS) is 25.9. The minimum absolute atomic E-state index is 0.00282. The van der Waals surface area contributed by atoms with E-state index in [-0.39, 0.29) is 11.9 Å². The highest BCUT2D eigenvalue weighted by Gasteiger charge is 2.21. The molecule has 0 aromatic heterocycles. The van der Waals surface area contributed by atoms with E-state index in [2.05, 4.69) is 12.2 Å². The summed E-state index contributed by atoms with van der Waals surface area (Å²) in [6.45, 7) is 2.10. The van der Waals surface area contributed by atoms with Gasteiger partial charge in [0.1, 0.15) is 0 Å². The standard InChI is InChI=1S/C12H13NO/c1-9-7-8-11(14)13-12(9)10-5-3-2-4-6-10/h2-9,12H,1H3,(H,13,14)/t9-,12-/m0/s1. The van der Waals surface area contributed by atoms with Gasteiger partial charge in [-0.05, 0) is 17.6 Å². The van der Waals surface area contributed by atoms with Crippen LogP contribution in [0.1, 0.15) is 18.5 Å². The summed E-state index contributed by atoms with van der Waals surface area (Å²) >= 11 is 0. The van der Waals surface area contributed by atoms with Crippen LogP contribution in [0.2, 0.25) is 0 Å². The van der Waals surface area contributed by atoms with E-state index >= 15 is 0 Å². The molecule has 1 aliphatic heterocycles. The van der Waals surface area contributed by atoms with E-state index in [1.807, 2.05) is 36.4 Å². The van der Waals surface area contributed by atoms with Crippen LogP contribution in [0.25, 0.3) is 0 Å². The van der Waals surface area contributed by atoms with Gasteiger partial charge in [-0.2, -0.15) is 0 Å². The lowest BCUT2D eigenvalue weighted by Crippen LogP contribution is -2.34. The van der Waals surface area contributed by atoms with Crippen LogP contribution in [0, 0.1) is 5.92 Å². The highest BCUT2D eigenvalue weighted by atomic mass is 16.1. The number of benzene rings is 1. The van der Waals surface area contributed by atoms with Crippen LogP contribution >= 0.6 is 0 Å². The molecule has 1 heterocycles. The zero-order chi connectivity index (χ0) is 9.97. The minimum Gasteiger partial charge on any atom is -0.345 e. The maximum atomic E-state index is 11.2. The van der Waals surface area contributed by atoms with Crippen LogP contribution in [-0.4, -0.2) is 5.91 Å². The summed E-state index contributed by atoms with van der Waals surface area (Å²) in [6.07, 6.45) is 3.56. The van der Waals surface area contributed by atoms with E-state index in [1.54, 1.807) is 6.08 Å². The topological polar surface area (TPSA) is 29.1 Å². The fraction of sp³-hybridized carbons (Fsp3) is 0.250. The smallest absolute Gasteiger partial charge is 0.244 e. The van der Waals surface area contributed by atoms with Gasteiger partial charge in [0, 0.05) is 0 Å². The Hall–Kier alpha value is -1.57. The molecule has 1 aromatic carbocycles. The largest absolute Gasteiger partial charge is 0.345 e. The Morgan fingerprint density at radius 3 is 2.64 bits per heavy atom. The van der Waals surface area contributed by atoms with Crippen LogP contribution in [0.5, 0.6) is 0 Å². The number of nitrogens with one attached hydrogen (secondary N) is 1. The molecule has 14 heavy (non-hydrogen) atoms. The summed E-state index contributed by atoms with van der Waals surface area (Å²) in [5, 5.41) is 2.96. The van der Waals surface area contributed by atoms with Crippen LogP contribution in [0.4, 0.5) is 0 Å². The molecule has 72 valence electrons. The monoisotopic (exact) mass is 187 g/mol. The highest BCUT2D eigenvalue weighted by Crippen LogP contribution is 2.24. The van der Waals surface area contributed by atoms with Crippen LogP contribution in [-0.2, 0) is 4.79 Å². The van der Waals surface area contributed by atoms with Crippen molar-refractivity contribution in [3.63, 3.8) is 0 Å². The lowest BCUT2D eigenvalue weighted by molar-refractivity contribution is -0.117. The molecule has 2 rings (SSSR count). The maximum Gasteiger partial charge on any atom is 0.244 e. The Bertz CT molecular complexity index is 356. The Labute approximate surface area is 83.6 Å². The molecule has 2 heteroatoms. The third-order valence-electron chi connectivity index (χ3n) is 2.53. The third kappa shape index (κ3) is 1.69. The summed E-state index contributed by atoms with van der Waals surface area (Å²) in [5.74, 6) is 0.354. The van der Waals surface area contributed by atoms with E-state index < -0.39 is 0 Å². The maximum absolute atomic E-state index is 11.2. The van der Waals surface area contributed by atoms with Crippen molar-refractivity contribution in [1.82, 2.24) is 5.32 Å². The van der Waals surface area contributed by atoms with Crippen molar-refractivity contribution in [3.8, 4) is 0 Å². The van der Waals surface area contributed by atoms with Gasteiger partial charge in [0.25, 0.3) is 0 Å². The van der Waals surface area contributed by atoms with Crippen molar-refractivity contribution in [2.75, 3.05) is 0 Å². The molecule has 0 aliphatic carbocycles. The number of carbonyl (C=O) groups excluding carboxylic acids is 1. The van der Waals surface area contributed by atoms with Gasteiger partial charge in [-0.1, -0.05) is 43.3 Å². The number of hydrogen-bond donors (Lipinski definition) is 1. The average Bonchev–Trinajstić information content (AvgIpc) is 2.23. The summed E-state index contributed by atoms with van der Waals surface area (Å²) in [4.78, 5) is 11.2. The number of amides is 1. The van der Waals surface area contributed by atoms with E-state index in [1.165, 1.54) is 0 Å². The van der Waals surface area contributed by atoms with E-state index in [9.17, 15) is 4.79 Å². The summed E-state index contributed by atoms with van der Waals surface area (Å²) < 4.78 is 0. The molecule has 0 saturated heterocycles. The molecule has 2 nitrogen and oxygen atoms in total. The third-order valence-corrected chi connectivity index (χ3v) is 2.53. The minimum atomic E-state index is -0.00282. The zero-order valence-electron chi connectivity index (χ0n) is 8.10. The van der Waals surface area contributed by atoms with Gasteiger partial charge in [-0.15, -0.1) is 0 Å². The molecule has 1 aromatic rings. The lowest BCUT2D eigenvalue weighted by atomic mass is 9.92. The summed E-state index contributed by atoms with van der Waals surface area (Å²) in [6, 6.07) is 10.2. The Balaban J connectivity index is 2.27. The Morgan fingerprint density at radius 2 is 1.93 bits per heavy atom. The van der Waals surface area contributed by atoms with Crippen LogP contribution < -0.4 is 5.32 Å². The van der Waals surface area contributed by atoms with Crippen LogP contribution in [0.3, 0.4) is 0 Å². The second kappa shape index (κ2) is 3.66. The van der Waals surface area contributed by atoms with Crippen molar-refractivity contribution in [2.24, 2.45) is 5.92 Å². The molecule has 0 saturated carbocycles. The van der Waals surface area contributed by atoms with Crippen LogP contribution in [0.15, 0.2) is 42.5 Å². The molecule has 1 amide bonds. The molecule has 0 fully saturated rings. The SMILES string of the molecule is C[C@H]1C=CC(=O)N[C@@H]1c1ccccc1. The molecular formula is C12H13NO. The summed E-state index contributed by atoms with van der Waals surface area (Å²) in [7, 11) is 0. The molecule has 1 aliphatic rings. The predicted octanol–water partition coefficient (Wildman–Crippen LogP) is 2.05. The molecular weight excluding hydrogens is 174 g/mol. The van der Waals surface area contributed by atoms with Gasteiger partial charge in [0.2, 0.25) is 5.91 Å². The molecule has 1 N–H and O–H groups in total. The number of rotatable bonds is 1. The molecule has 0 spiro atoms. The number of hydrogen-bond acceptors (Lipinski definition) is 1. The lowest BCUT2D eigenvalue weighted by Gasteiger charge is -2.26. The van der Waals surface area contributed by atoms with Crippen molar-refractivity contribution < 1.29 is 4.79 Å². The van der Waals surface area contributed by atoms with Gasteiger partial charge < -0.3 is 5.32 Å². The second-order valence-corrected chi connectivity index (χ2v) is 3.62. The van der Waals surface area contributed by atoms with Crippen molar-refractivity contribution >= 4 is 5.91 Å². The molecule has 0 unspecified atom stereocenters. The first-order valence-corrected chi connectivity index (χ1v) is 4.81. The molecule has 0 radical (unpaired) electrons. The Kier molecular flexibility index (Phi) is 2.35. The molecule has 0 bridgehead atoms. The van der Waals surface area contributed by atoms with Crippen molar-refractivity contribution in [3.05, 3.63) is 48.0 Å². The van der Waals surface area contributed by atoms with E-state index in [0.717, 1.165) is 5.56 Å². The van der Waals surface area contributed by atoms with Gasteiger partial charge in [0.15, 0.2) is 0 Å². The van der Waals surface area contributed by atoms with Crippen molar-refractivity contribution in [2.45, 2.75) is 13.0 Å². The summed E-state index contributed by atoms with van der Waals surface area (Å²) in [5.41, 5.74) is 1.16. The van der Waals surface area contributed by atoms with Gasteiger partial charge in [-0.25, -0.2) is 0 Å². The first-order chi connectivity index (χ1) is 6.77. The Morgan fingerprint density at radius 1 is 1.21 bits per heavy atom. The number of carbonyl (C=O) groups is 1. The first kappa shape index (κ1) is 9.00. The van der Waals surface area contributed by atoms with Gasteiger partial charge in [0.05, 0.1) is 6.04 Å². The fourth-order valence-electron chi connectivity index (χ4n) is 1.73. The quantitative estimate of drug-likeness (QED) is 0.716. The first-order valence-electron chi connectivity index (χ1n) is 4.81. The van der Waals surface area contributed by atoms with E-state index in [0.29, 0.717) is 5.92 Å². The zero-order valence-corrected chi connectivity index (χ0v) is 8.10. The van der Waals surface area contributed by atoms with Gasteiger partial charge >= 0.3 is 0 Å². The average molecular weight is 187 g/mol. The fourth-order valence-corrected chi connectivity index (χ4v) is 1.73. The second-order valence-electron chi connectivity index (χ2n) is 3.62. The molecule has 2 atom stereocenters. The predicted molar refractivity (Wildman–Crippen MR) is 55.6 cm³/mol. The van der Waals surface area contributed by atoms with Gasteiger partial charge in [-0.3, -0.25) is 4.79 Å². The van der Waals surface area contributed by atoms with Crippen molar-refractivity contribution in [1.29, 1.82) is 0 Å². The van der Waals surface area contributed by atoms with E-state index in [4.69, 9.17) is 0 Å². The highest BCUT2D eigenvalue weighted by molar-refractivity contribution is 5.88.